The molecule has 0 unspecified atom stereocenters. The molecule has 9 heteroatoms. The van der Waals surface area contributed by atoms with Crippen molar-refractivity contribution < 1.29 is 22.3 Å². The SMILES string of the molecule is CCOC(=O)c1cc(F)cc(S(=O)(=O)N2CCC(N)CC2)c1.Cl. The Morgan fingerprint density at radius 3 is 2.52 bits per heavy atom. The average molecular weight is 367 g/mol. The lowest BCUT2D eigenvalue weighted by Gasteiger charge is -2.29. The van der Waals surface area contributed by atoms with Crippen LogP contribution in [0, 0.1) is 5.82 Å². The molecule has 0 aliphatic carbocycles. The largest absolute Gasteiger partial charge is 0.462 e. The van der Waals surface area contributed by atoms with Crippen molar-refractivity contribution in [2.45, 2.75) is 30.7 Å². The Balaban J connectivity index is 0.00000264. The first-order valence-electron chi connectivity index (χ1n) is 7.08. The van der Waals surface area contributed by atoms with Gasteiger partial charge in [0.05, 0.1) is 17.1 Å². The van der Waals surface area contributed by atoms with Crippen molar-refractivity contribution in [1.82, 2.24) is 4.31 Å². The van der Waals surface area contributed by atoms with Crippen LogP contribution in [0.5, 0.6) is 0 Å². The van der Waals surface area contributed by atoms with Gasteiger partial charge in [0.15, 0.2) is 0 Å². The summed E-state index contributed by atoms with van der Waals surface area (Å²) in [6.07, 6.45) is 1.11. The first-order valence-corrected chi connectivity index (χ1v) is 8.52. The highest BCUT2D eigenvalue weighted by molar-refractivity contribution is 7.89. The molecule has 0 atom stereocenters. The smallest absolute Gasteiger partial charge is 0.338 e. The highest BCUT2D eigenvalue weighted by atomic mass is 35.5. The van der Waals surface area contributed by atoms with Crippen molar-refractivity contribution in [3.05, 3.63) is 29.6 Å². The van der Waals surface area contributed by atoms with Gasteiger partial charge in [0.25, 0.3) is 0 Å². The second-order valence-electron chi connectivity index (χ2n) is 5.14. The minimum Gasteiger partial charge on any atom is -0.462 e. The molecule has 0 radical (unpaired) electrons. The van der Waals surface area contributed by atoms with Gasteiger partial charge in [-0.05, 0) is 38.0 Å². The summed E-state index contributed by atoms with van der Waals surface area (Å²) in [7, 11) is -3.85. The number of carbonyl (C=O) groups is 1. The third kappa shape index (κ3) is 4.63. The molecule has 0 amide bonds. The quantitative estimate of drug-likeness (QED) is 0.816. The average Bonchev–Trinajstić information content (AvgIpc) is 2.47. The molecule has 0 saturated carbocycles. The molecule has 0 bridgehead atoms. The van der Waals surface area contributed by atoms with E-state index in [-0.39, 0.29) is 48.6 Å². The van der Waals surface area contributed by atoms with E-state index in [4.69, 9.17) is 10.5 Å². The summed E-state index contributed by atoms with van der Waals surface area (Å²) < 4.78 is 44.8. The predicted molar refractivity (Wildman–Crippen MR) is 85.6 cm³/mol. The molecule has 2 rings (SSSR count). The number of halogens is 2. The molecule has 1 aromatic carbocycles. The Morgan fingerprint density at radius 1 is 1.35 bits per heavy atom. The van der Waals surface area contributed by atoms with Gasteiger partial charge < -0.3 is 10.5 Å². The Morgan fingerprint density at radius 2 is 1.96 bits per heavy atom. The number of hydrogen-bond acceptors (Lipinski definition) is 5. The fraction of sp³-hybridized carbons (Fsp3) is 0.500. The lowest BCUT2D eigenvalue weighted by atomic mass is 10.1. The van der Waals surface area contributed by atoms with E-state index in [1.165, 1.54) is 4.31 Å². The van der Waals surface area contributed by atoms with Gasteiger partial charge in [-0.1, -0.05) is 0 Å². The van der Waals surface area contributed by atoms with Crippen molar-refractivity contribution in [3.8, 4) is 0 Å². The molecule has 1 aliphatic rings. The van der Waals surface area contributed by atoms with Crippen LogP contribution in [0.15, 0.2) is 23.1 Å². The minimum atomic E-state index is -3.85. The maximum Gasteiger partial charge on any atom is 0.338 e. The van der Waals surface area contributed by atoms with Crippen LogP contribution >= 0.6 is 12.4 Å². The van der Waals surface area contributed by atoms with Crippen LogP contribution < -0.4 is 5.73 Å². The van der Waals surface area contributed by atoms with Gasteiger partial charge >= 0.3 is 5.97 Å². The lowest BCUT2D eigenvalue weighted by Crippen LogP contribution is -2.42. The van der Waals surface area contributed by atoms with Gasteiger partial charge in [0.2, 0.25) is 10.0 Å². The highest BCUT2D eigenvalue weighted by Crippen LogP contribution is 2.22. The van der Waals surface area contributed by atoms with Crippen LogP contribution in [-0.4, -0.2) is 44.4 Å². The zero-order valence-electron chi connectivity index (χ0n) is 12.7. The molecule has 0 aromatic heterocycles. The number of esters is 1. The number of hydrogen-bond donors (Lipinski definition) is 1. The van der Waals surface area contributed by atoms with Crippen molar-refractivity contribution in [1.29, 1.82) is 0 Å². The summed E-state index contributed by atoms with van der Waals surface area (Å²) in [5.41, 5.74) is 5.64. The Bertz CT molecular complexity index is 661. The molecular formula is C14H20ClFN2O4S. The molecule has 1 saturated heterocycles. The zero-order chi connectivity index (χ0) is 16.3. The van der Waals surface area contributed by atoms with E-state index in [1.807, 2.05) is 0 Å². The van der Waals surface area contributed by atoms with Gasteiger partial charge in [-0.25, -0.2) is 17.6 Å². The Kier molecular flexibility index (Phi) is 6.94. The Hall–Kier alpha value is -1.22. The second kappa shape index (κ2) is 8.05. The van der Waals surface area contributed by atoms with E-state index in [0.29, 0.717) is 12.8 Å². The van der Waals surface area contributed by atoms with Crippen molar-refractivity contribution in [2.75, 3.05) is 19.7 Å². The van der Waals surface area contributed by atoms with E-state index >= 15 is 0 Å². The molecule has 130 valence electrons. The van der Waals surface area contributed by atoms with Crippen molar-refractivity contribution >= 4 is 28.4 Å². The monoisotopic (exact) mass is 366 g/mol. The third-order valence-electron chi connectivity index (χ3n) is 3.52. The predicted octanol–water partition coefficient (Wildman–Crippen LogP) is 1.54. The number of nitrogens with zero attached hydrogens (tertiary/aromatic N) is 1. The van der Waals surface area contributed by atoms with Gasteiger partial charge in [-0.15, -0.1) is 12.4 Å². The molecule has 1 fully saturated rings. The number of rotatable bonds is 4. The maximum absolute atomic E-state index is 13.7. The number of ether oxygens (including phenoxy) is 1. The number of benzene rings is 1. The molecule has 23 heavy (non-hydrogen) atoms. The second-order valence-corrected chi connectivity index (χ2v) is 7.08. The van der Waals surface area contributed by atoms with Crippen LogP contribution in [-0.2, 0) is 14.8 Å². The lowest BCUT2D eigenvalue weighted by molar-refractivity contribution is 0.0525. The van der Waals surface area contributed by atoms with Crippen molar-refractivity contribution in [3.63, 3.8) is 0 Å². The van der Waals surface area contributed by atoms with E-state index in [9.17, 15) is 17.6 Å². The molecular weight excluding hydrogens is 347 g/mol. The van der Waals surface area contributed by atoms with Crippen LogP contribution in [0.3, 0.4) is 0 Å². The van der Waals surface area contributed by atoms with Gasteiger partial charge in [-0.2, -0.15) is 4.31 Å². The fourth-order valence-corrected chi connectivity index (χ4v) is 3.84. The highest BCUT2D eigenvalue weighted by Gasteiger charge is 2.29. The summed E-state index contributed by atoms with van der Waals surface area (Å²) in [5, 5.41) is 0. The topological polar surface area (TPSA) is 89.7 Å². The summed E-state index contributed by atoms with van der Waals surface area (Å²) in [4.78, 5) is 11.4. The number of nitrogens with two attached hydrogens (primary N) is 1. The molecule has 6 nitrogen and oxygen atoms in total. The number of carbonyl (C=O) groups excluding carboxylic acids is 1. The van der Waals surface area contributed by atoms with E-state index < -0.39 is 21.8 Å². The standard InChI is InChI=1S/C14H19FN2O4S.ClH/c1-2-21-14(18)10-7-11(15)9-13(8-10)22(19,20)17-5-3-12(16)4-6-17;/h7-9,12H,2-6,16H2,1H3;1H. The third-order valence-corrected chi connectivity index (χ3v) is 5.40. The molecule has 1 aliphatic heterocycles. The van der Waals surface area contributed by atoms with E-state index in [2.05, 4.69) is 0 Å². The fourth-order valence-electron chi connectivity index (χ4n) is 2.31. The van der Waals surface area contributed by atoms with Crippen LogP contribution in [0.4, 0.5) is 4.39 Å². The van der Waals surface area contributed by atoms with Gasteiger partial charge in [0.1, 0.15) is 5.82 Å². The van der Waals surface area contributed by atoms with Gasteiger partial charge in [0, 0.05) is 19.1 Å². The minimum absolute atomic E-state index is 0. The first-order chi connectivity index (χ1) is 10.3. The summed E-state index contributed by atoms with van der Waals surface area (Å²) in [6, 6.07) is 3.00. The summed E-state index contributed by atoms with van der Waals surface area (Å²) in [5.74, 6) is -1.54. The van der Waals surface area contributed by atoms with Crippen molar-refractivity contribution in [2.24, 2.45) is 5.73 Å². The zero-order valence-corrected chi connectivity index (χ0v) is 14.3. The Labute approximate surface area is 141 Å². The maximum atomic E-state index is 13.7. The molecule has 0 spiro atoms. The van der Waals surface area contributed by atoms with Crippen LogP contribution in [0.25, 0.3) is 0 Å². The normalized spacial score (nSPS) is 16.7. The van der Waals surface area contributed by atoms with Gasteiger partial charge in [-0.3, -0.25) is 0 Å². The molecule has 1 heterocycles. The first kappa shape index (κ1) is 19.8. The van der Waals surface area contributed by atoms with Crippen LogP contribution in [0.2, 0.25) is 0 Å². The number of piperidine rings is 1. The molecule has 2 N–H and O–H groups in total. The van der Waals surface area contributed by atoms with E-state index in [0.717, 1.165) is 18.2 Å². The molecule has 1 aromatic rings. The van der Waals surface area contributed by atoms with E-state index in [1.54, 1.807) is 6.92 Å². The number of sulfonamides is 1. The van der Waals surface area contributed by atoms with Crippen LogP contribution in [0.1, 0.15) is 30.1 Å². The summed E-state index contributed by atoms with van der Waals surface area (Å²) >= 11 is 0. The summed E-state index contributed by atoms with van der Waals surface area (Å²) in [6.45, 7) is 2.32.